The van der Waals surface area contributed by atoms with Gasteiger partial charge in [0.25, 0.3) is 0 Å². The molecule has 1 atom stereocenters. The molecule has 3 nitrogen and oxygen atoms in total. The molecular formula is C18H21ClN2O. The summed E-state index contributed by atoms with van der Waals surface area (Å²) >= 11 is 5.92. The first-order valence-electron chi connectivity index (χ1n) is 7.20. The summed E-state index contributed by atoms with van der Waals surface area (Å²) in [6.45, 7) is 0.677. The Morgan fingerprint density at radius 3 is 2.14 bits per heavy atom. The highest BCUT2D eigenvalue weighted by atomic mass is 35.5. The molecule has 116 valence electrons. The second-order valence-electron chi connectivity index (χ2n) is 5.59. The highest BCUT2D eigenvalue weighted by Crippen LogP contribution is 2.23. The van der Waals surface area contributed by atoms with E-state index >= 15 is 0 Å². The summed E-state index contributed by atoms with van der Waals surface area (Å²) in [6.07, 6.45) is 0. The Balaban J connectivity index is 2.24. The van der Waals surface area contributed by atoms with Crippen LogP contribution in [0.25, 0.3) is 0 Å². The number of amides is 1. The van der Waals surface area contributed by atoms with Crippen LogP contribution in [-0.4, -0.2) is 36.9 Å². The molecule has 4 heteroatoms. The smallest absolute Gasteiger partial charge is 0.244 e. The van der Waals surface area contributed by atoms with E-state index in [1.807, 2.05) is 61.6 Å². The summed E-state index contributed by atoms with van der Waals surface area (Å²) < 4.78 is 0. The van der Waals surface area contributed by atoms with Crippen LogP contribution < -0.4 is 0 Å². The molecule has 0 bridgehead atoms. The number of likely N-dealkylation sites (N-methyl/N-ethyl adjacent to an activating group) is 2. The quantitative estimate of drug-likeness (QED) is 0.841. The van der Waals surface area contributed by atoms with E-state index in [1.54, 1.807) is 19.0 Å². The van der Waals surface area contributed by atoms with E-state index in [0.29, 0.717) is 6.54 Å². The van der Waals surface area contributed by atoms with Crippen LogP contribution in [0.5, 0.6) is 0 Å². The zero-order valence-electron chi connectivity index (χ0n) is 13.2. The summed E-state index contributed by atoms with van der Waals surface area (Å²) in [5.74, 6) is 0.0719. The van der Waals surface area contributed by atoms with Crippen LogP contribution in [0.2, 0.25) is 5.02 Å². The van der Waals surface area contributed by atoms with Gasteiger partial charge in [-0.15, -0.1) is 0 Å². The minimum Gasteiger partial charge on any atom is -0.347 e. The lowest BCUT2D eigenvalue weighted by atomic mass is 10.0. The van der Waals surface area contributed by atoms with Gasteiger partial charge < -0.3 is 4.90 Å². The Hall–Kier alpha value is -1.84. The van der Waals surface area contributed by atoms with Gasteiger partial charge in [0.2, 0.25) is 5.91 Å². The van der Waals surface area contributed by atoms with Gasteiger partial charge in [0.05, 0.1) is 0 Å². The molecule has 0 heterocycles. The molecule has 0 aromatic heterocycles. The van der Waals surface area contributed by atoms with Gasteiger partial charge in [-0.3, -0.25) is 9.69 Å². The molecule has 1 amide bonds. The van der Waals surface area contributed by atoms with Crippen molar-refractivity contribution < 1.29 is 4.79 Å². The van der Waals surface area contributed by atoms with E-state index in [-0.39, 0.29) is 11.9 Å². The second-order valence-corrected chi connectivity index (χ2v) is 6.02. The summed E-state index contributed by atoms with van der Waals surface area (Å²) in [7, 11) is 5.54. The fourth-order valence-corrected chi connectivity index (χ4v) is 2.56. The molecule has 2 aromatic rings. The van der Waals surface area contributed by atoms with Crippen molar-refractivity contribution in [3.05, 3.63) is 70.7 Å². The first-order valence-corrected chi connectivity index (χ1v) is 7.57. The molecule has 0 saturated carbocycles. The molecule has 0 saturated heterocycles. The number of rotatable bonds is 5. The Labute approximate surface area is 137 Å². The van der Waals surface area contributed by atoms with Crippen LogP contribution in [0.15, 0.2) is 54.6 Å². The monoisotopic (exact) mass is 316 g/mol. The predicted molar refractivity (Wildman–Crippen MR) is 90.8 cm³/mol. The molecule has 0 radical (unpaired) electrons. The molecule has 0 N–H and O–H groups in total. The Bertz CT molecular complexity index is 611. The van der Waals surface area contributed by atoms with Crippen molar-refractivity contribution in [2.45, 2.75) is 12.6 Å². The Morgan fingerprint density at radius 2 is 1.59 bits per heavy atom. The summed E-state index contributed by atoms with van der Waals surface area (Å²) in [5, 5.41) is 0.718. The van der Waals surface area contributed by atoms with Crippen molar-refractivity contribution >= 4 is 17.5 Å². The van der Waals surface area contributed by atoms with Crippen molar-refractivity contribution in [3.8, 4) is 0 Å². The average Bonchev–Trinajstić information content (AvgIpc) is 2.50. The third-order valence-electron chi connectivity index (χ3n) is 3.58. The predicted octanol–water partition coefficient (Wildman–Crippen LogP) is 3.60. The van der Waals surface area contributed by atoms with Crippen LogP contribution in [-0.2, 0) is 11.3 Å². The van der Waals surface area contributed by atoms with Crippen molar-refractivity contribution in [1.82, 2.24) is 9.80 Å². The van der Waals surface area contributed by atoms with E-state index < -0.39 is 0 Å². The van der Waals surface area contributed by atoms with Gasteiger partial charge in [-0.2, -0.15) is 0 Å². The number of benzene rings is 2. The van der Waals surface area contributed by atoms with Gasteiger partial charge in [-0.05, 0) is 30.3 Å². The number of halogens is 1. The van der Waals surface area contributed by atoms with Crippen molar-refractivity contribution in [3.63, 3.8) is 0 Å². The first-order chi connectivity index (χ1) is 10.5. The first kappa shape index (κ1) is 16.5. The topological polar surface area (TPSA) is 23.6 Å². The van der Waals surface area contributed by atoms with E-state index in [0.717, 1.165) is 16.1 Å². The molecule has 2 rings (SSSR count). The zero-order chi connectivity index (χ0) is 16.1. The van der Waals surface area contributed by atoms with Crippen molar-refractivity contribution in [1.29, 1.82) is 0 Å². The molecular weight excluding hydrogens is 296 g/mol. The molecule has 0 aliphatic rings. The van der Waals surface area contributed by atoms with Gasteiger partial charge in [-0.1, -0.05) is 54.1 Å². The van der Waals surface area contributed by atoms with Crippen LogP contribution in [0.3, 0.4) is 0 Å². The SMILES string of the molecule is CN(C)C(=O)C(c1ccccc1)N(C)Cc1ccc(Cl)cc1. The molecule has 0 aliphatic heterocycles. The van der Waals surface area contributed by atoms with Crippen molar-refractivity contribution in [2.75, 3.05) is 21.1 Å². The lowest BCUT2D eigenvalue weighted by molar-refractivity contribution is -0.134. The number of hydrogen-bond donors (Lipinski definition) is 0. The normalized spacial score (nSPS) is 12.2. The van der Waals surface area contributed by atoms with Crippen LogP contribution in [0.4, 0.5) is 0 Å². The highest BCUT2D eigenvalue weighted by molar-refractivity contribution is 6.30. The highest BCUT2D eigenvalue weighted by Gasteiger charge is 2.26. The fraction of sp³-hybridized carbons (Fsp3) is 0.278. The standard InChI is InChI=1S/C18H21ClN2O/c1-20(2)18(22)17(15-7-5-4-6-8-15)21(3)13-14-9-11-16(19)12-10-14/h4-12,17H,13H2,1-3H3. The molecule has 0 fully saturated rings. The molecule has 0 aliphatic carbocycles. The largest absolute Gasteiger partial charge is 0.347 e. The van der Waals surface area contributed by atoms with E-state index in [2.05, 4.69) is 4.90 Å². The fourth-order valence-electron chi connectivity index (χ4n) is 2.43. The number of nitrogens with zero attached hydrogens (tertiary/aromatic N) is 2. The van der Waals surface area contributed by atoms with Gasteiger partial charge >= 0.3 is 0 Å². The maximum atomic E-state index is 12.6. The summed E-state index contributed by atoms with van der Waals surface area (Å²) in [5.41, 5.74) is 2.12. The Kier molecular flexibility index (Phi) is 5.58. The third kappa shape index (κ3) is 4.09. The van der Waals surface area contributed by atoms with Gasteiger partial charge in [-0.25, -0.2) is 0 Å². The molecule has 2 aromatic carbocycles. The van der Waals surface area contributed by atoms with E-state index in [4.69, 9.17) is 11.6 Å². The maximum absolute atomic E-state index is 12.6. The lowest BCUT2D eigenvalue weighted by Crippen LogP contribution is -2.37. The minimum absolute atomic E-state index is 0.0719. The van der Waals surface area contributed by atoms with Crippen molar-refractivity contribution in [2.24, 2.45) is 0 Å². The van der Waals surface area contributed by atoms with Crippen LogP contribution in [0.1, 0.15) is 17.2 Å². The van der Waals surface area contributed by atoms with Gasteiger partial charge in [0.15, 0.2) is 0 Å². The summed E-state index contributed by atoms with van der Waals surface area (Å²) in [6, 6.07) is 17.3. The van der Waals surface area contributed by atoms with E-state index in [1.165, 1.54) is 0 Å². The number of carbonyl (C=O) groups is 1. The molecule has 0 spiro atoms. The third-order valence-corrected chi connectivity index (χ3v) is 3.83. The number of hydrogen-bond acceptors (Lipinski definition) is 2. The average molecular weight is 317 g/mol. The lowest BCUT2D eigenvalue weighted by Gasteiger charge is -2.29. The zero-order valence-corrected chi connectivity index (χ0v) is 13.9. The maximum Gasteiger partial charge on any atom is 0.244 e. The van der Waals surface area contributed by atoms with Gasteiger partial charge in [0.1, 0.15) is 6.04 Å². The minimum atomic E-state index is -0.299. The van der Waals surface area contributed by atoms with Crippen LogP contribution >= 0.6 is 11.6 Å². The molecule has 1 unspecified atom stereocenters. The van der Waals surface area contributed by atoms with Crippen LogP contribution in [0, 0.1) is 0 Å². The van der Waals surface area contributed by atoms with E-state index in [9.17, 15) is 4.79 Å². The Morgan fingerprint density at radius 1 is 1.00 bits per heavy atom. The van der Waals surface area contributed by atoms with Gasteiger partial charge in [0, 0.05) is 25.7 Å². The number of carbonyl (C=O) groups excluding carboxylic acids is 1. The molecule has 22 heavy (non-hydrogen) atoms. The summed E-state index contributed by atoms with van der Waals surface area (Å²) in [4.78, 5) is 16.3. The second kappa shape index (κ2) is 7.43.